The summed E-state index contributed by atoms with van der Waals surface area (Å²) in [6.45, 7) is 9.99. The molecule has 8 heteroatoms. The molecule has 1 aliphatic heterocycles. The lowest BCUT2D eigenvalue weighted by Crippen LogP contribution is -2.49. The molecule has 2 aromatic carbocycles. The van der Waals surface area contributed by atoms with Crippen molar-refractivity contribution < 1.29 is 19.2 Å². The minimum atomic E-state index is -0.411. The molecule has 0 bridgehead atoms. The van der Waals surface area contributed by atoms with Crippen molar-refractivity contribution in [3.8, 4) is 5.75 Å². The second kappa shape index (κ2) is 11.6. The van der Waals surface area contributed by atoms with Gasteiger partial charge in [0.2, 0.25) is 0 Å². The van der Waals surface area contributed by atoms with Gasteiger partial charge in [-0.15, -0.1) is 0 Å². The van der Waals surface area contributed by atoms with Crippen LogP contribution in [0.15, 0.2) is 48.5 Å². The lowest BCUT2D eigenvalue weighted by Gasteiger charge is -2.35. The third-order valence-corrected chi connectivity index (χ3v) is 5.55. The number of hydrogen-bond donors (Lipinski definition) is 0. The lowest BCUT2D eigenvalue weighted by atomic mass is 10.1. The van der Waals surface area contributed by atoms with Crippen molar-refractivity contribution in [2.45, 2.75) is 26.4 Å². The highest BCUT2D eigenvalue weighted by Crippen LogP contribution is 2.19. The Morgan fingerprint density at radius 2 is 1.66 bits per heavy atom. The molecule has 1 aliphatic rings. The van der Waals surface area contributed by atoms with E-state index in [1.807, 2.05) is 31.2 Å². The zero-order valence-electron chi connectivity index (χ0n) is 18.7. The quantitative estimate of drug-likeness (QED) is 0.317. The van der Waals surface area contributed by atoms with Gasteiger partial charge in [-0.3, -0.25) is 15.0 Å². The SMILES string of the molecule is CCOC(=O)c1ccc(CCN2CCN(CC(C)Oc3ccc([N+](=O)[O-])cc3)CC2)cc1. The van der Waals surface area contributed by atoms with E-state index in [-0.39, 0.29) is 17.8 Å². The zero-order valence-corrected chi connectivity index (χ0v) is 18.7. The number of carbonyl (C=O) groups is 1. The van der Waals surface area contributed by atoms with E-state index in [0.29, 0.717) is 17.9 Å². The number of benzene rings is 2. The average molecular weight is 442 g/mol. The molecule has 0 aliphatic carbocycles. The molecule has 1 fully saturated rings. The molecule has 0 radical (unpaired) electrons. The van der Waals surface area contributed by atoms with Crippen molar-refractivity contribution in [2.24, 2.45) is 0 Å². The number of nitro benzene ring substituents is 1. The van der Waals surface area contributed by atoms with Gasteiger partial charge in [0.05, 0.1) is 17.1 Å². The van der Waals surface area contributed by atoms with Crippen molar-refractivity contribution >= 4 is 11.7 Å². The minimum absolute atomic E-state index is 0.000851. The fourth-order valence-electron chi connectivity index (χ4n) is 3.78. The largest absolute Gasteiger partial charge is 0.489 e. The molecule has 0 aromatic heterocycles. The zero-order chi connectivity index (χ0) is 22.9. The Morgan fingerprint density at radius 3 is 2.25 bits per heavy atom. The van der Waals surface area contributed by atoms with Gasteiger partial charge in [-0.2, -0.15) is 0 Å². The maximum atomic E-state index is 11.7. The van der Waals surface area contributed by atoms with E-state index in [9.17, 15) is 14.9 Å². The highest BCUT2D eigenvalue weighted by Gasteiger charge is 2.19. The summed E-state index contributed by atoms with van der Waals surface area (Å²) in [6.07, 6.45) is 0.948. The van der Waals surface area contributed by atoms with Crippen LogP contribution in [0, 0.1) is 10.1 Å². The Morgan fingerprint density at radius 1 is 1.03 bits per heavy atom. The number of carbonyl (C=O) groups excluding carboxylic acids is 1. The summed E-state index contributed by atoms with van der Waals surface area (Å²) in [5.41, 5.74) is 1.87. The van der Waals surface area contributed by atoms with Gasteiger partial charge >= 0.3 is 5.97 Å². The summed E-state index contributed by atoms with van der Waals surface area (Å²) in [5.74, 6) is 0.373. The van der Waals surface area contributed by atoms with Crippen LogP contribution >= 0.6 is 0 Å². The van der Waals surface area contributed by atoms with Crippen LogP contribution < -0.4 is 4.74 Å². The van der Waals surface area contributed by atoms with Gasteiger partial charge in [0, 0.05) is 51.4 Å². The summed E-state index contributed by atoms with van der Waals surface area (Å²) in [4.78, 5) is 26.9. The Balaban J connectivity index is 1.36. The minimum Gasteiger partial charge on any atom is -0.489 e. The number of ether oxygens (including phenoxy) is 2. The summed E-state index contributed by atoms with van der Waals surface area (Å²) < 4.78 is 10.9. The Labute approximate surface area is 188 Å². The molecule has 8 nitrogen and oxygen atoms in total. The van der Waals surface area contributed by atoms with Gasteiger partial charge in [0.15, 0.2) is 0 Å². The normalized spacial score (nSPS) is 15.8. The first-order valence-electron chi connectivity index (χ1n) is 11.1. The fourth-order valence-corrected chi connectivity index (χ4v) is 3.78. The summed E-state index contributed by atoms with van der Waals surface area (Å²) in [5, 5.41) is 10.7. The third-order valence-electron chi connectivity index (χ3n) is 5.55. The van der Waals surface area contributed by atoms with E-state index in [1.54, 1.807) is 19.1 Å². The number of hydrogen-bond acceptors (Lipinski definition) is 7. The first-order chi connectivity index (χ1) is 15.4. The van der Waals surface area contributed by atoms with Crippen LogP contribution in [-0.2, 0) is 11.2 Å². The van der Waals surface area contributed by atoms with Crippen molar-refractivity contribution in [1.29, 1.82) is 0 Å². The van der Waals surface area contributed by atoms with Crippen LogP contribution in [0.5, 0.6) is 5.75 Å². The third kappa shape index (κ3) is 7.03. The molecule has 32 heavy (non-hydrogen) atoms. The predicted molar refractivity (Wildman–Crippen MR) is 122 cm³/mol. The molecule has 172 valence electrons. The van der Waals surface area contributed by atoms with E-state index >= 15 is 0 Å². The molecule has 0 N–H and O–H groups in total. The van der Waals surface area contributed by atoms with Crippen molar-refractivity contribution in [3.63, 3.8) is 0 Å². The maximum absolute atomic E-state index is 11.7. The number of nitrogens with zero attached hydrogens (tertiary/aromatic N) is 3. The van der Waals surface area contributed by atoms with Crippen LogP contribution in [0.3, 0.4) is 0 Å². The highest BCUT2D eigenvalue weighted by atomic mass is 16.6. The first kappa shape index (κ1) is 23.7. The first-order valence-corrected chi connectivity index (χ1v) is 11.1. The molecular formula is C24H31N3O5. The molecule has 0 amide bonds. The molecule has 0 saturated carbocycles. The van der Waals surface area contributed by atoms with Gasteiger partial charge < -0.3 is 14.4 Å². The number of rotatable bonds is 10. The molecule has 1 atom stereocenters. The standard InChI is InChI=1S/C24H31N3O5/c1-3-31-24(28)21-6-4-20(5-7-21)12-13-25-14-16-26(17-15-25)18-19(2)32-23-10-8-22(9-11-23)27(29)30/h4-11,19H,3,12-18H2,1-2H3. The van der Waals surface area contributed by atoms with Crippen LogP contribution in [0.2, 0.25) is 0 Å². The van der Waals surface area contributed by atoms with Crippen LogP contribution in [0.1, 0.15) is 29.8 Å². The topological polar surface area (TPSA) is 85.2 Å². The predicted octanol–water partition coefficient (Wildman–Crippen LogP) is 3.40. The van der Waals surface area contributed by atoms with E-state index in [0.717, 1.165) is 45.7 Å². The van der Waals surface area contributed by atoms with Crippen molar-refractivity contribution in [3.05, 3.63) is 69.8 Å². The lowest BCUT2D eigenvalue weighted by molar-refractivity contribution is -0.384. The number of esters is 1. The number of nitro groups is 1. The number of non-ortho nitro benzene ring substituents is 1. The van der Waals surface area contributed by atoms with Gasteiger partial charge in [0.25, 0.3) is 5.69 Å². The molecular weight excluding hydrogens is 410 g/mol. The molecule has 1 heterocycles. The second-order valence-electron chi connectivity index (χ2n) is 7.99. The van der Waals surface area contributed by atoms with Crippen molar-refractivity contribution in [1.82, 2.24) is 9.80 Å². The summed E-state index contributed by atoms with van der Waals surface area (Å²) in [7, 11) is 0. The maximum Gasteiger partial charge on any atom is 0.338 e. The van der Waals surface area contributed by atoms with Crippen LogP contribution in [0.4, 0.5) is 5.69 Å². The molecule has 2 aromatic rings. The smallest absolute Gasteiger partial charge is 0.338 e. The second-order valence-corrected chi connectivity index (χ2v) is 7.99. The number of piperazine rings is 1. The van der Waals surface area contributed by atoms with Crippen molar-refractivity contribution in [2.75, 3.05) is 45.9 Å². The highest BCUT2D eigenvalue weighted by molar-refractivity contribution is 5.89. The van der Waals surface area contributed by atoms with Gasteiger partial charge in [-0.05, 0) is 50.1 Å². The Bertz CT molecular complexity index is 878. The Kier molecular flexibility index (Phi) is 8.58. The van der Waals surface area contributed by atoms with Crippen LogP contribution in [0.25, 0.3) is 0 Å². The Hall–Kier alpha value is -2.97. The summed E-state index contributed by atoms with van der Waals surface area (Å²) in [6, 6.07) is 13.9. The van der Waals surface area contributed by atoms with Gasteiger partial charge in [-0.25, -0.2) is 4.79 Å². The van der Waals surface area contributed by atoms with E-state index < -0.39 is 4.92 Å². The van der Waals surface area contributed by atoms with Gasteiger partial charge in [-0.1, -0.05) is 12.1 Å². The molecule has 1 saturated heterocycles. The average Bonchev–Trinajstić information content (AvgIpc) is 2.79. The van der Waals surface area contributed by atoms with E-state index in [2.05, 4.69) is 9.80 Å². The van der Waals surface area contributed by atoms with E-state index in [4.69, 9.17) is 9.47 Å². The molecule has 1 unspecified atom stereocenters. The van der Waals surface area contributed by atoms with E-state index in [1.165, 1.54) is 17.7 Å². The van der Waals surface area contributed by atoms with Crippen LogP contribution in [-0.4, -0.2) is 72.7 Å². The fraction of sp³-hybridized carbons (Fsp3) is 0.458. The molecule has 0 spiro atoms. The monoisotopic (exact) mass is 441 g/mol. The molecule has 3 rings (SSSR count). The summed E-state index contributed by atoms with van der Waals surface area (Å²) >= 11 is 0. The van der Waals surface area contributed by atoms with Gasteiger partial charge in [0.1, 0.15) is 11.9 Å².